The lowest BCUT2D eigenvalue weighted by molar-refractivity contribution is -0.117. The average Bonchev–Trinajstić information content (AvgIpc) is 2.98. The van der Waals surface area contributed by atoms with Crippen LogP contribution in [0, 0.1) is 5.82 Å². The highest BCUT2D eigenvalue weighted by Gasteiger charge is 2.26. The van der Waals surface area contributed by atoms with Crippen molar-refractivity contribution in [3.8, 4) is 0 Å². The molecule has 0 saturated heterocycles. The van der Waals surface area contributed by atoms with E-state index >= 15 is 0 Å². The van der Waals surface area contributed by atoms with E-state index in [9.17, 15) is 17.6 Å². The molecule has 0 bridgehead atoms. The number of hydrogen-bond acceptors (Lipinski definition) is 3. The largest absolute Gasteiger partial charge is 0.312 e. The van der Waals surface area contributed by atoms with Gasteiger partial charge in [0.1, 0.15) is 5.82 Å². The second-order valence-electron chi connectivity index (χ2n) is 5.60. The van der Waals surface area contributed by atoms with E-state index in [4.69, 9.17) is 0 Å². The predicted octanol–water partition coefficient (Wildman–Crippen LogP) is 1.87. The first-order valence-corrected chi connectivity index (χ1v) is 9.00. The number of rotatable bonds is 4. The van der Waals surface area contributed by atoms with Gasteiger partial charge in [-0.05, 0) is 54.9 Å². The third kappa shape index (κ3) is 3.18. The molecule has 0 aliphatic carbocycles. The van der Waals surface area contributed by atoms with Crippen molar-refractivity contribution in [1.29, 1.82) is 0 Å². The molecular weight excluding hydrogens is 331 g/mol. The van der Waals surface area contributed by atoms with Crippen LogP contribution in [0.3, 0.4) is 0 Å². The highest BCUT2D eigenvalue weighted by atomic mass is 32.2. The van der Waals surface area contributed by atoms with Gasteiger partial charge in [0.15, 0.2) is 0 Å². The Morgan fingerprint density at radius 2 is 2.04 bits per heavy atom. The van der Waals surface area contributed by atoms with Gasteiger partial charge in [0.25, 0.3) is 0 Å². The fourth-order valence-corrected chi connectivity index (χ4v) is 3.62. The van der Waals surface area contributed by atoms with E-state index in [1.807, 2.05) is 0 Å². The maximum Gasteiger partial charge on any atom is 0.240 e. The van der Waals surface area contributed by atoms with E-state index in [0.717, 1.165) is 5.56 Å². The van der Waals surface area contributed by atoms with Crippen LogP contribution in [0.25, 0.3) is 0 Å². The van der Waals surface area contributed by atoms with Gasteiger partial charge >= 0.3 is 0 Å². The Kier molecular flexibility index (Phi) is 4.38. The molecule has 0 aromatic heterocycles. The standard InChI is InChI=1S/C17H17FN2O3S/c1-19-24(22,23)15-5-6-16-13(11-15)7-8-20(16)17(21)10-12-3-2-4-14(18)9-12/h2-6,9,11,19H,7-8,10H2,1H3. The second kappa shape index (κ2) is 6.33. The number of sulfonamides is 1. The lowest BCUT2D eigenvalue weighted by Gasteiger charge is -2.17. The SMILES string of the molecule is CNS(=O)(=O)c1ccc2c(c1)CCN2C(=O)Cc1cccc(F)c1. The quantitative estimate of drug-likeness (QED) is 0.917. The van der Waals surface area contributed by atoms with Crippen molar-refractivity contribution in [2.45, 2.75) is 17.7 Å². The smallest absolute Gasteiger partial charge is 0.240 e. The summed E-state index contributed by atoms with van der Waals surface area (Å²) in [7, 11) is -2.15. The minimum atomic E-state index is -3.51. The first-order valence-electron chi connectivity index (χ1n) is 7.52. The molecule has 0 radical (unpaired) electrons. The van der Waals surface area contributed by atoms with Crippen LogP contribution in [0.15, 0.2) is 47.4 Å². The third-order valence-electron chi connectivity index (χ3n) is 4.07. The fraction of sp³-hybridized carbons (Fsp3) is 0.235. The van der Waals surface area contributed by atoms with E-state index in [0.29, 0.717) is 24.2 Å². The van der Waals surface area contributed by atoms with Crippen molar-refractivity contribution >= 4 is 21.6 Å². The molecule has 1 aliphatic rings. The van der Waals surface area contributed by atoms with E-state index < -0.39 is 10.0 Å². The molecule has 0 unspecified atom stereocenters. The zero-order chi connectivity index (χ0) is 17.3. The molecule has 7 heteroatoms. The monoisotopic (exact) mass is 348 g/mol. The number of anilines is 1. The van der Waals surface area contributed by atoms with Gasteiger partial charge in [0.2, 0.25) is 15.9 Å². The molecule has 126 valence electrons. The van der Waals surface area contributed by atoms with Gasteiger partial charge in [-0.15, -0.1) is 0 Å². The summed E-state index contributed by atoms with van der Waals surface area (Å²) in [5, 5.41) is 0. The van der Waals surface area contributed by atoms with Crippen LogP contribution < -0.4 is 9.62 Å². The molecule has 5 nitrogen and oxygen atoms in total. The van der Waals surface area contributed by atoms with Crippen molar-refractivity contribution in [2.24, 2.45) is 0 Å². The number of halogens is 1. The summed E-state index contributed by atoms with van der Waals surface area (Å²) in [4.78, 5) is 14.3. The van der Waals surface area contributed by atoms with Crippen LogP contribution in [-0.2, 0) is 27.7 Å². The van der Waals surface area contributed by atoms with Gasteiger partial charge < -0.3 is 4.90 Å². The Morgan fingerprint density at radius 3 is 2.75 bits per heavy atom. The summed E-state index contributed by atoms with van der Waals surface area (Å²) in [6.45, 7) is 0.493. The summed E-state index contributed by atoms with van der Waals surface area (Å²) >= 11 is 0. The predicted molar refractivity (Wildman–Crippen MR) is 88.8 cm³/mol. The van der Waals surface area contributed by atoms with Crippen LogP contribution >= 0.6 is 0 Å². The number of carbonyl (C=O) groups is 1. The summed E-state index contributed by atoms with van der Waals surface area (Å²) in [5.74, 6) is -0.507. The fourth-order valence-electron chi connectivity index (χ4n) is 2.84. The molecule has 1 N–H and O–H groups in total. The lowest BCUT2D eigenvalue weighted by atomic mass is 10.1. The number of fused-ring (bicyclic) bond motifs is 1. The second-order valence-corrected chi connectivity index (χ2v) is 7.49. The van der Waals surface area contributed by atoms with Crippen LogP contribution in [0.5, 0.6) is 0 Å². The first-order chi connectivity index (χ1) is 11.4. The van der Waals surface area contributed by atoms with Crippen molar-refractivity contribution in [3.63, 3.8) is 0 Å². The lowest BCUT2D eigenvalue weighted by Crippen LogP contribution is -2.30. The van der Waals surface area contributed by atoms with E-state index in [1.165, 1.54) is 25.2 Å². The molecule has 1 aliphatic heterocycles. The number of nitrogens with one attached hydrogen (secondary N) is 1. The van der Waals surface area contributed by atoms with Crippen molar-refractivity contribution in [2.75, 3.05) is 18.5 Å². The molecule has 2 aromatic rings. The molecule has 0 atom stereocenters. The topological polar surface area (TPSA) is 66.5 Å². The van der Waals surface area contributed by atoms with Gasteiger partial charge in [-0.25, -0.2) is 17.5 Å². The van der Waals surface area contributed by atoms with Gasteiger partial charge in [-0.2, -0.15) is 0 Å². The van der Waals surface area contributed by atoms with Crippen molar-refractivity contribution in [1.82, 2.24) is 4.72 Å². The summed E-state index contributed by atoms with van der Waals surface area (Å²) in [6, 6.07) is 10.7. The van der Waals surface area contributed by atoms with Gasteiger partial charge in [-0.1, -0.05) is 12.1 Å². The molecule has 0 saturated carbocycles. The van der Waals surface area contributed by atoms with Crippen molar-refractivity contribution < 1.29 is 17.6 Å². The highest BCUT2D eigenvalue weighted by molar-refractivity contribution is 7.89. The normalized spacial score (nSPS) is 13.8. The van der Waals surface area contributed by atoms with Gasteiger partial charge in [-0.3, -0.25) is 4.79 Å². The Bertz CT molecular complexity index is 896. The highest BCUT2D eigenvalue weighted by Crippen LogP contribution is 2.30. The third-order valence-corrected chi connectivity index (χ3v) is 5.48. The molecule has 1 amide bonds. The number of benzene rings is 2. The Balaban J connectivity index is 1.83. The van der Waals surface area contributed by atoms with E-state index in [-0.39, 0.29) is 23.0 Å². The summed E-state index contributed by atoms with van der Waals surface area (Å²) < 4.78 is 39.2. The van der Waals surface area contributed by atoms with Gasteiger partial charge in [0, 0.05) is 12.2 Å². The van der Waals surface area contributed by atoms with Crippen LogP contribution in [0.2, 0.25) is 0 Å². The Morgan fingerprint density at radius 1 is 1.25 bits per heavy atom. The first kappa shape index (κ1) is 16.6. The molecule has 24 heavy (non-hydrogen) atoms. The molecule has 2 aromatic carbocycles. The number of nitrogens with zero attached hydrogens (tertiary/aromatic N) is 1. The molecule has 3 rings (SSSR count). The number of carbonyl (C=O) groups excluding carboxylic acids is 1. The average molecular weight is 348 g/mol. The Labute approximate surface area is 140 Å². The molecule has 1 heterocycles. The van der Waals surface area contributed by atoms with Gasteiger partial charge in [0.05, 0.1) is 11.3 Å². The van der Waals surface area contributed by atoms with Crippen molar-refractivity contribution in [3.05, 3.63) is 59.4 Å². The van der Waals surface area contributed by atoms with Crippen LogP contribution in [-0.4, -0.2) is 27.9 Å². The van der Waals surface area contributed by atoms with E-state index in [2.05, 4.69) is 4.72 Å². The summed E-state index contributed by atoms with van der Waals surface area (Å²) in [5.41, 5.74) is 2.15. The Hall–Kier alpha value is -2.25. The zero-order valence-electron chi connectivity index (χ0n) is 13.1. The maximum absolute atomic E-state index is 13.2. The minimum absolute atomic E-state index is 0.105. The number of amides is 1. The van der Waals surface area contributed by atoms with Crippen LogP contribution in [0.1, 0.15) is 11.1 Å². The maximum atomic E-state index is 13.2. The summed E-state index contributed by atoms with van der Waals surface area (Å²) in [6.07, 6.45) is 0.699. The molecule has 0 spiro atoms. The molecule has 0 fully saturated rings. The van der Waals surface area contributed by atoms with E-state index in [1.54, 1.807) is 29.2 Å². The van der Waals surface area contributed by atoms with Crippen LogP contribution in [0.4, 0.5) is 10.1 Å². The number of hydrogen-bond donors (Lipinski definition) is 1. The zero-order valence-corrected chi connectivity index (χ0v) is 13.9. The molecular formula is C17H17FN2O3S. The minimum Gasteiger partial charge on any atom is -0.312 e.